The molecule has 0 radical (unpaired) electrons. The Hall–Kier alpha value is -1.35. The third-order valence-electron chi connectivity index (χ3n) is 6.70. The first kappa shape index (κ1) is 26.9. The summed E-state index contributed by atoms with van der Waals surface area (Å²) in [5, 5.41) is 0. The number of epoxide rings is 1. The minimum absolute atomic E-state index is 0. The van der Waals surface area contributed by atoms with Gasteiger partial charge in [0.05, 0.1) is 13.2 Å². The summed E-state index contributed by atoms with van der Waals surface area (Å²) in [5.41, 5.74) is 2.90. The summed E-state index contributed by atoms with van der Waals surface area (Å²) in [7, 11) is 0. The molecule has 0 aliphatic carbocycles. The van der Waals surface area contributed by atoms with Gasteiger partial charge in [-0.2, -0.15) is 0 Å². The highest BCUT2D eigenvalue weighted by Gasteiger charge is 2.37. The summed E-state index contributed by atoms with van der Waals surface area (Å²) in [6, 6.07) is 22.2. The number of unbranched alkanes of at least 4 members (excludes halogenated alkanes) is 9. The summed E-state index contributed by atoms with van der Waals surface area (Å²) in [6.45, 7) is 7.84. The summed E-state index contributed by atoms with van der Waals surface area (Å²) in [6.07, 6.45) is 14.4. The van der Waals surface area contributed by atoms with Crippen molar-refractivity contribution in [3.05, 3.63) is 71.8 Å². The maximum Gasteiger partial charge on any atom is 0.130 e. The summed E-state index contributed by atoms with van der Waals surface area (Å²) in [5.74, 6) is 0. The average molecular weight is 458 g/mol. The number of nitrogens with zero attached hydrogens (tertiary/aromatic N) is 1. The summed E-state index contributed by atoms with van der Waals surface area (Å²) >= 11 is 0. The van der Waals surface area contributed by atoms with Gasteiger partial charge in [0.25, 0.3) is 0 Å². The fraction of sp³-hybridized carbons (Fsp3) is 0.586. The Labute approximate surface area is 203 Å². The number of ether oxygens (including phenoxy) is 1. The first-order valence-electron chi connectivity index (χ1n) is 12.8. The molecule has 178 valence electrons. The topological polar surface area (TPSA) is 12.5 Å². The van der Waals surface area contributed by atoms with Crippen molar-refractivity contribution in [2.75, 3.05) is 19.7 Å². The van der Waals surface area contributed by atoms with Crippen LogP contribution in [0.25, 0.3) is 0 Å². The molecule has 1 saturated heterocycles. The van der Waals surface area contributed by atoms with Crippen LogP contribution in [-0.4, -0.2) is 30.3 Å². The van der Waals surface area contributed by atoms with Crippen LogP contribution >= 0.6 is 0 Å². The highest BCUT2D eigenvalue weighted by atomic mass is 35.5. The molecule has 32 heavy (non-hydrogen) atoms. The Morgan fingerprint density at radius 2 is 1.12 bits per heavy atom. The van der Waals surface area contributed by atoms with E-state index >= 15 is 0 Å². The first-order valence-corrected chi connectivity index (χ1v) is 12.8. The van der Waals surface area contributed by atoms with E-state index in [1.807, 2.05) is 0 Å². The van der Waals surface area contributed by atoms with Crippen LogP contribution in [0.5, 0.6) is 0 Å². The van der Waals surface area contributed by atoms with E-state index in [2.05, 4.69) is 67.6 Å². The van der Waals surface area contributed by atoms with E-state index in [0.717, 1.165) is 30.7 Å². The minimum atomic E-state index is 0. The standard InChI is InChI=1S/C29H44NO.ClH/c1-2-3-4-5-6-7-8-9-10-17-22-30(25-29-26-31-29,23-27-18-13-11-14-19-27)24-28-20-15-12-16-21-28;/h11-16,18-21,29H,2-10,17,22-26H2,1H3;1H/q+1;/p-1. The van der Waals surface area contributed by atoms with Gasteiger partial charge in [0.15, 0.2) is 0 Å². The predicted octanol–water partition coefficient (Wildman–Crippen LogP) is 4.53. The lowest BCUT2D eigenvalue weighted by molar-refractivity contribution is -0.954. The molecule has 0 saturated carbocycles. The van der Waals surface area contributed by atoms with E-state index < -0.39 is 0 Å². The first-order chi connectivity index (χ1) is 15.3. The Morgan fingerprint density at radius 1 is 0.688 bits per heavy atom. The smallest absolute Gasteiger partial charge is 0.130 e. The second kappa shape index (κ2) is 15.5. The molecule has 1 heterocycles. The van der Waals surface area contributed by atoms with Gasteiger partial charge >= 0.3 is 0 Å². The van der Waals surface area contributed by atoms with Crippen molar-refractivity contribution < 1.29 is 21.6 Å². The van der Waals surface area contributed by atoms with Crippen LogP contribution in [0.4, 0.5) is 0 Å². The summed E-state index contributed by atoms with van der Waals surface area (Å²) in [4.78, 5) is 0. The van der Waals surface area contributed by atoms with Crippen molar-refractivity contribution in [1.29, 1.82) is 0 Å². The number of rotatable bonds is 17. The van der Waals surface area contributed by atoms with Crippen LogP contribution in [0.15, 0.2) is 60.7 Å². The van der Waals surface area contributed by atoms with Gasteiger partial charge in [-0.25, -0.2) is 0 Å². The Kier molecular flexibility index (Phi) is 13.0. The van der Waals surface area contributed by atoms with Crippen molar-refractivity contribution in [1.82, 2.24) is 0 Å². The van der Waals surface area contributed by atoms with Gasteiger partial charge in [-0.15, -0.1) is 0 Å². The molecular formula is C29H44ClNO. The van der Waals surface area contributed by atoms with Crippen LogP contribution < -0.4 is 12.4 Å². The highest BCUT2D eigenvalue weighted by molar-refractivity contribution is 5.15. The number of halogens is 1. The quantitative estimate of drug-likeness (QED) is 0.193. The number of benzene rings is 2. The van der Waals surface area contributed by atoms with E-state index in [1.54, 1.807) is 0 Å². The fourth-order valence-electron chi connectivity index (χ4n) is 4.92. The van der Waals surface area contributed by atoms with Gasteiger partial charge < -0.3 is 21.6 Å². The minimum Gasteiger partial charge on any atom is -1.00 e. The zero-order valence-electron chi connectivity index (χ0n) is 20.2. The van der Waals surface area contributed by atoms with Crippen LogP contribution in [0.2, 0.25) is 0 Å². The molecule has 1 aliphatic heterocycles. The fourth-order valence-corrected chi connectivity index (χ4v) is 4.92. The van der Waals surface area contributed by atoms with Gasteiger partial charge in [-0.1, -0.05) is 119 Å². The molecule has 0 spiro atoms. The maximum absolute atomic E-state index is 5.72. The Balaban J connectivity index is 0.00000363. The summed E-state index contributed by atoms with van der Waals surface area (Å²) < 4.78 is 6.84. The molecule has 0 aromatic heterocycles. The van der Waals surface area contributed by atoms with E-state index in [4.69, 9.17) is 4.74 Å². The Bertz CT molecular complexity index is 660. The molecular weight excluding hydrogens is 414 g/mol. The maximum atomic E-state index is 5.72. The second-order valence-electron chi connectivity index (χ2n) is 9.67. The highest BCUT2D eigenvalue weighted by Crippen LogP contribution is 2.26. The second-order valence-corrected chi connectivity index (χ2v) is 9.67. The van der Waals surface area contributed by atoms with Gasteiger partial charge in [0.2, 0.25) is 0 Å². The lowest BCUT2D eigenvalue weighted by Crippen LogP contribution is -3.00. The Morgan fingerprint density at radius 3 is 1.56 bits per heavy atom. The molecule has 0 N–H and O–H groups in total. The van der Waals surface area contributed by atoms with E-state index in [-0.39, 0.29) is 12.4 Å². The molecule has 3 rings (SSSR count). The molecule has 1 fully saturated rings. The van der Waals surface area contributed by atoms with Crippen molar-refractivity contribution in [3.8, 4) is 0 Å². The largest absolute Gasteiger partial charge is 1.00 e. The molecule has 2 aromatic carbocycles. The monoisotopic (exact) mass is 457 g/mol. The van der Waals surface area contributed by atoms with Crippen LogP contribution in [0.3, 0.4) is 0 Å². The van der Waals surface area contributed by atoms with E-state index in [1.165, 1.54) is 81.9 Å². The molecule has 1 aliphatic rings. The van der Waals surface area contributed by atoms with Crippen LogP contribution in [0.1, 0.15) is 82.3 Å². The SMILES string of the molecule is CCCCCCCCCCCC[N+](Cc1ccccc1)(Cc1ccccc1)CC1CO1.[Cl-]. The zero-order chi connectivity index (χ0) is 21.6. The van der Waals surface area contributed by atoms with Gasteiger partial charge in [0, 0.05) is 11.1 Å². The molecule has 2 nitrogen and oxygen atoms in total. The van der Waals surface area contributed by atoms with Crippen molar-refractivity contribution in [3.63, 3.8) is 0 Å². The zero-order valence-corrected chi connectivity index (χ0v) is 20.9. The lowest BCUT2D eigenvalue weighted by Gasteiger charge is -2.39. The third kappa shape index (κ3) is 10.5. The van der Waals surface area contributed by atoms with Gasteiger partial charge in [-0.3, -0.25) is 0 Å². The number of hydrogen-bond acceptors (Lipinski definition) is 1. The molecule has 1 unspecified atom stereocenters. The molecule has 0 bridgehead atoms. The third-order valence-corrected chi connectivity index (χ3v) is 6.70. The van der Waals surface area contributed by atoms with Crippen molar-refractivity contribution in [2.45, 2.75) is 90.3 Å². The van der Waals surface area contributed by atoms with E-state index in [0.29, 0.717) is 6.10 Å². The van der Waals surface area contributed by atoms with E-state index in [9.17, 15) is 0 Å². The molecule has 1 atom stereocenters. The molecule has 0 amide bonds. The van der Waals surface area contributed by atoms with Crippen LogP contribution in [0, 0.1) is 0 Å². The van der Waals surface area contributed by atoms with Crippen molar-refractivity contribution >= 4 is 0 Å². The van der Waals surface area contributed by atoms with Gasteiger partial charge in [0.1, 0.15) is 25.7 Å². The number of hydrogen-bond donors (Lipinski definition) is 0. The van der Waals surface area contributed by atoms with Gasteiger partial charge in [-0.05, 0) is 12.8 Å². The number of quaternary nitrogens is 1. The lowest BCUT2D eigenvalue weighted by atomic mass is 10.0. The van der Waals surface area contributed by atoms with Crippen molar-refractivity contribution in [2.24, 2.45) is 0 Å². The molecule has 3 heteroatoms. The predicted molar refractivity (Wildman–Crippen MR) is 132 cm³/mol. The normalized spacial score (nSPS) is 15.3. The molecule has 2 aromatic rings. The average Bonchev–Trinajstić information content (AvgIpc) is 3.60. The van der Waals surface area contributed by atoms with Crippen LogP contribution in [-0.2, 0) is 17.8 Å².